The van der Waals surface area contributed by atoms with Crippen LogP contribution in [0.15, 0.2) is 30.9 Å². The number of rotatable bonds is 4. The third kappa shape index (κ3) is 7.66. The van der Waals surface area contributed by atoms with Gasteiger partial charge in [-0.25, -0.2) is 0 Å². The van der Waals surface area contributed by atoms with E-state index < -0.39 is 10.4 Å². The summed E-state index contributed by atoms with van der Waals surface area (Å²) >= 11 is 0. The first-order chi connectivity index (χ1) is 8.29. The van der Waals surface area contributed by atoms with Crippen LogP contribution in [0.5, 0.6) is 11.5 Å². The molecule has 0 heterocycles. The Morgan fingerprint density at radius 3 is 2.39 bits per heavy atom. The molecule has 6 nitrogen and oxygen atoms in total. The average molecular weight is 276 g/mol. The van der Waals surface area contributed by atoms with E-state index in [1.54, 1.807) is 18.2 Å². The van der Waals surface area contributed by atoms with Crippen LogP contribution in [0, 0.1) is 0 Å². The van der Waals surface area contributed by atoms with E-state index >= 15 is 0 Å². The quantitative estimate of drug-likeness (QED) is 0.573. The van der Waals surface area contributed by atoms with Gasteiger partial charge < -0.3 is 9.84 Å². The van der Waals surface area contributed by atoms with E-state index in [1.807, 2.05) is 13.0 Å². The van der Waals surface area contributed by atoms with E-state index in [4.69, 9.17) is 22.3 Å². The van der Waals surface area contributed by atoms with Gasteiger partial charge in [0.25, 0.3) is 0 Å². The van der Waals surface area contributed by atoms with Gasteiger partial charge in [0.1, 0.15) is 11.5 Å². The minimum atomic E-state index is -4.67. The van der Waals surface area contributed by atoms with Crippen LogP contribution in [0.25, 0.3) is 0 Å². The SMILES string of the molecule is C=CCc1c(O)cccc1OCC.O=S(=O)(O)O. The predicted molar refractivity (Wildman–Crippen MR) is 67.4 cm³/mol. The van der Waals surface area contributed by atoms with Crippen LogP contribution < -0.4 is 4.74 Å². The predicted octanol–water partition coefficient (Wildman–Crippen LogP) is 1.87. The standard InChI is InChI=1S/C11H14O2.H2O4S/c1-3-6-9-10(12)7-5-8-11(9)13-4-2;1-5(2,3)4/h3,5,7-8,12H,1,4,6H2,2H3;(H2,1,2,3,4). The minimum Gasteiger partial charge on any atom is -0.508 e. The second-order valence-electron chi connectivity index (χ2n) is 3.13. The fourth-order valence-corrected chi connectivity index (χ4v) is 1.19. The number of hydrogen-bond acceptors (Lipinski definition) is 4. The molecule has 0 aliphatic carbocycles. The van der Waals surface area contributed by atoms with E-state index in [2.05, 4.69) is 6.58 Å². The summed E-state index contributed by atoms with van der Waals surface area (Å²) in [6, 6.07) is 5.27. The lowest BCUT2D eigenvalue weighted by Crippen LogP contribution is -1.96. The van der Waals surface area contributed by atoms with Crippen molar-refractivity contribution in [2.75, 3.05) is 6.61 Å². The van der Waals surface area contributed by atoms with Crippen molar-refractivity contribution in [1.29, 1.82) is 0 Å². The first-order valence-corrected chi connectivity index (χ1v) is 6.43. The largest absolute Gasteiger partial charge is 0.508 e. The van der Waals surface area contributed by atoms with Crippen LogP contribution in [0.4, 0.5) is 0 Å². The van der Waals surface area contributed by atoms with E-state index in [1.165, 1.54) is 0 Å². The molecule has 0 radical (unpaired) electrons. The number of hydrogen-bond donors (Lipinski definition) is 3. The lowest BCUT2D eigenvalue weighted by Gasteiger charge is -2.09. The summed E-state index contributed by atoms with van der Waals surface area (Å²) in [5.41, 5.74) is 0.805. The highest BCUT2D eigenvalue weighted by atomic mass is 32.3. The van der Waals surface area contributed by atoms with Gasteiger partial charge in [-0.15, -0.1) is 6.58 Å². The Balaban J connectivity index is 0.000000494. The Morgan fingerprint density at radius 2 is 1.94 bits per heavy atom. The third-order valence-electron chi connectivity index (χ3n) is 1.76. The molecule has 1 aromatic rings. The highest BCUT2D eigenvalue weighted by Gasteiger charge is 2.05. The second kappa shape index (κ2) is 7.70. The molecule has 0 fully saturated rings. The molecule has 3 N–H and O–H groups in total. The van der Waals surface area contributed by atoms with Gasteiger partial charge in [-0.3, -0.25) is 9.11 Å². The first-order valence-electron chi connectivity index (χ1n) is 5.04. The second-order valence-corrected chi connectivity index (χ2v) is 4.02. The van der Waals surface area contributed by atoms with Crippen LogP contribution in [0.2, 0.25) is 0 Å². The zero-order chi connectivity index (χ0) is 14.2. The Bertz CT molecular complexity index is 472. The zero-order valence-electron chi connectivity index (χ0n) is 9.91. The van der Waals surface area contributed by atoms with Crippen molar-refractivity contribution >= 4 is 10.4 Å². The molecule has 18 heavy (non-hydrogen) atoms. The van der Waals surface area contributed by atoms with Crippen molar-refractivity contribution < 1.29 is 27.4 Å². The molecular weight excluding hydrogens is 260 g/mol. The summed E-state index contributed by atoms with van der Waals surface area (Å²) in [5, 5.41) is 9.52. The van der Waals surface area contributed by atoms with Crippen molar-refractivity contribution in [3.8, 4) is 11.5 Å². The maximum absolute atomic E-state index is 9.52. The van der Waals surface area contributed by atoms with Crippen LogP contribution in [-0.2, 0) is 16.8 Å². The summed E-state index contributed by atoms with van der Waals surface area (Å²) in [6.45, 7) is 6.15. The lowest BCUT2D eigenvalue weighted by molar-refractivity contribution is 0.334. The molecule has 0 aliphatic rings. The molecule has 0 aliphatic heterocycles. The van der Waals surface area contributed by atoms with Gasteiger partial charge >= 0.3 is 10.4 Å². The molecule has 0 amide bonds. The summed E-state index contributed by atoms with van der Waals surface area (Å²) in [7, 11) is -4.67. The van der Waals surface area contributed by atoms with E-state index in [0.29, 0.717) is 13.0 Å². The van der Waals surface area contributed by atoms with Crippen molar-refractivity contribution in [1.82, 2.24) is 0 Å². The van der Waals surface area contributed by atoms with Crippen molar-refractivity contribution in [2.24, 2.45) is 0 Å². The molecule has 0 unspecified atom stereocenters. The van der Waals surface area contributed by atoms with Crippen molar-refractivity contribution in [3.63, 3.8) is 0 Å². The Labute approximate surface area is 106 Å². The smallest absolute Gasteiger partial charge is 0.394 e. The van der Waals surface area contributed by atoms with Crippen LogP contribution in [0.1, 0.15) is 12.5 Å². The van der Waals surface area contributed by atoms with E-state index in [9.17, 15) is 5.11 Å². The summed E-state index contributed by atoms with van der Waals surface area (Å²) in [5.74, 6) is 1.01. The van der Waals surface area contributed by atoms with Crippen molar-refractivity contribution in [2.45, 2.75) is 13.3 Å². The highest BCUT2D eigenvalue weighted by Crippen LogP contribution is 2.27. The van der Waals surface area contributed by atoms with Crippen LogP contribution >= 0.6 is 0 Å². The van der Waals surface area contributed by atoms with Gasteiger partial charge in [-0.1, -0.05) is 12.1 Å². The first kappa shape index (κ1) is 16.4. The molecule has 0 spiro atoms. The molecule has 0 atom stereocenters. The summed E-state index contributed by atoms with van der Waals surface area (Å²) < 4.78 is 36.9. The summed E-state index contributed by atoms with van der Waals surface area (Å²) in [6.07, 6.45) is 2.37. The minimum absolute atomic E-state index is 0.269. The molecule has 0 bridgehead atoms. The lowest BCUT2D eigenvalue weighted by atomic mass is 10.1. The van der Waals surface area contributed by atoms with Crippen LogP contribution in [-0.4, -0.2) is 29.2 Å². The number of allylic oxidation sites excluding steroid dienone is 1. The van der Waals surface area contributed by atoms with Gasteiger partial charge in [0, 0.05) is 5.56 Å². The van der Waals surface area contributed by atoms with Gasteiger partial charge in [-0.2, -0.15) is 8.42 Å². The average Bonchev–Trinajstić information content (AvgIpc) is 2.21. The van der Waals surface area contributed by atoms with E-state index in [-0.39, 0.29) is 5.75 Å². The van der Waals surface area contributed by atoms with Crippen molar-refractivity contribution in [3.05, 3.63) is 36.4 Å². The maximum atomic E-state index is 9.52. The van der Waals surface area contributed by atoms with E-state index in [0.717, 1.165) is 11.3 Å². The Morgan fingerprint density at radius 1 is 1.39 bits per heavy atom. The number of phenols is 1. The highest BCUT2D eigenvalue weighted by molar-refractivity contribution is 7.79. The van der Waals surface area contributed by atoms with Gasteiger partial charge in [-0.05, 0) is 25.5 Å². The third-order valence-corrected chi connectivity index (χ3v) is 1.76. The normalized spacial score (nSPS) is 10.2. The number of ether oxygens (including phenoxy) is 1. The Hall–Kier alpha value is -1.57. The topological polar surface area (TPSA) is 104 Å². The number of aromatic hydroxyl groups is 1. The molecule has 102 valence electrons. The molecule has 0 saturated carbocycles. The number of phenolic OH excluding ortho intramolecular Hbond substituents is 1. The zero-order valence-corrected chi connectivity index (χ0v) is 10.7. The maximum Gasteiger partial charge on any atom is 0.394 e. The molecule has 1 rings (SSSR count). The molecule has 1 aromatic carbocycles. The fourth-order valence-electron chi connectivity index (χ4n) is 1.19. The Kier molecular flexibility index (Phi) is 7.03. The monoisotopic (exact) mass is 276 g/mol. The van der Waals surface area contributed by atoms with Crippen LogP contribution in [0.3, 0.4) is 0 Å². The fraction of sp³-hybridized carbons (Fsp3) is 0.273. The molecular formula is C11H16O6S. The van der Waals surface area contributed by atoms with Gasteiger partial charge in [0.15, 0.2) is 0 Å². The molecule has 0 aromatic heterocycles. The van der Waals surface area contributed by atoms with Gasteiger partial charge in [0.2, 0.25) is 0 Å². The molecule has 7 heteroatoms. The number of benzene rings is 1. The molecule has 0 saturated heterocycles. The summed E-state index contributed by atoms with van der Waals surface area (Å²) in [4.78, 5) is 0. The van der Waals surface area contributed by atoms with Gasteiger partial charge in [0.05, 0.1) is 6.61 Å².